The normalized spacial score (nSPS) is 10.2. The van der Waals surface area contributed by atoms with E-state index in [2.05, 4.69) is 4.98 Å². The van der Waals surface area contributed by atoms with Gasteiger partial charge in [-0.1, -0.05) is 0 Å². The minimum absolute atomic E-state index is 0.0919. The van der Waals surface area contributed by atoms with Crippen molar-refractivity contribution in [2.24, 2.45) is 0 Å². The molecule has 104 valence electrons. The number of aryl methyl sites for hydroxylation is 1. The first kappa shape index (κ1) is 14.8. The first-order valence-corrected chi connectivity index (χ1v) is 5.53. The van der Waals surface area contributed by atoms with Gasteiger partial charge in [0.1, 0.15) is 18.1 Å². The second-order valence-electron chi connectivity index (χ2n) is 3.84. The zero-order valence-corrected chi connectivity index (χ0v) is 10.7. The summed E-state index contributed by atoms with van der Waals surface area (Å²) in [5.41, 5.74) is 0.154. The highest BCUT2D eigenvalue weighted by Gasteiger charge is 2.16. The Morgan fingerprint density at radius 2 is 2.26 bits per heavy atom. The molecule has 1 N–H and O–H groups in total. The fourth-order valence-electron chi connectivity index (χ4n) is 1.55. The van der Waals surface area contributed by atoms with Crippen LogP contribution in [0.25, 0.3) is 0 Å². The average Bonchev–Trinajstić information content (AvgIpc) is 2.33. The quantitative estimate of drug-likeness (QED) is 0.577. The van der Waals surface area contributed by atoms with Gasteiger partial charge >= 0.3 is 5.97 Å². The Bertz CT molecular complexity index is 477. The van der Waals surface area contributed by atoms with Gasteiger partial charge in [0.25, 0.3) is 5.69 Å². The highest BCUT2D eigenvalue weighted by molar-refractivity contribution is 5.73. The molecule has 8 heteroatoms. The number of nitro groups is 1. The van der Waals surface area contributed by atoms with E-state index in [4.69, 9.17) is 9.84 Å². The average molecular weight is 269 g/mol. The number of nitrogens with zero attached hydrogens (tertiary/aromatic N) is 3. The van der Waals surface area contributed by atoms with Crippen LogP contribution >= 0.6 is 0 Å². The molecule has 0 bridgehead atoms. The Morgan fingerprint density at radius 3 is 2.74 bits per heavy atom. The lowest BCUT2D eigenvalue weighted by Crippen LogP contribution is -2.33. The van der Waals surface area contributed by atoms with E-state index in [1.807, 2.05) is 0 Å². The number of methoxy groups -OCH3 is 1. The smallest absolute Gasteiger partial charge is 0.323 e. The maximum Gasteiger partial charge on any atom is 0.323 e. The summed E-state index contributed by atoms with van der Waals surface area (Å²) in [6.07, 6.45) is 0. The van der Waals surface area contributed by atoms with Gasteiger partial charge in [-0.25, -0.2) is 4.98 Å². The summed E-state index contributed by atoms with van der Waals surface area (Å²) in [4.78, 5) is 26.5. The lowest BCUT2D eigenvalue weighted by atomic mass is 10.3. The summed E-state index contributed by atoms with van der Waals surface area (Å²) >= 11 is 0. The second-order valence-corrected chi connectivity index (χ2v) is 3.84. The Hall–Kier alpha value is -2.22. The van der Waals surface area contributed by atoms with Crippen molar-refractivity contribution in [2.75, 3.05) is 31.7 Å². The number of hydrogen-bond acceptors (Lipinski definition) is 6. The van der Waals surface area contributed by atoms with Gasteiger partial charge in [0.05, 0.1) is 11.5 Å². The van der Waals surface area contributed by atoms with Crippen molar-refractivity contribution >= 4 is 17.5 Å². The third-order valence-corrected chi connectivity index (χ3v) is 2.46. The van der Waals surface area contributed by atoms with Crippen molar-refractivity contribution in [1.82, 2.24) is 4.98 Å². The molecule has 0 aliphatic heterocycles. The van der Waals surface area contributed by atoms with E-state index >= 15 is 0 Å². The highest BCUT2D eigenvalue weighted by Crippen LogP contribution is 2.20. The van der Waals surface area contributed by atoms with E-state index in [0.717, 1.165) is 0 Å². The van der Waals surface area contributed by atoms with Gasteiger partial charge in [0.15, 0.2) is 0 Å². The van der Waals surface area contributed by atoms with Crippen molar-refractivity contribution in [3.05, 3.63) is 27.9 Å². The van der Waals surface area contributed by atoms with Crippen LogP contribution in [-0.4, -0.2) is 47.8 Å². The topological polar surface area (TPSA) is 106 Å². The van der Waals surface area contributed by atoms with Crippen LogP contribution in [0, 0.1) is 17.0 Å². The van der Waals surface area contributed by atoms with E-state index in [0.29, 0.717) is 19.0 Å². The number of hydrogen-bond donors (Lipinski definition) is 1. The highest BCUT2D eigenvalue weighted by atomic mass is 16.6. The third-order valence-electron chi connectivity index (χ3n) is 2.46. The fourth-order valence-corrected chi connectivity index (χ4v) is 1.55. The number of anilines is 1. The zero-order valence-electron chi connectivity index (χ0n) is 10.7. The molecule has 1 aromatic heterocycles. The minimum atomic E-state index is -1.01. The molecule has 19 heavy (non-hydrogen) atoms. The summed E-state index contributed by atoms with van der Waals surface area (Å²) in [6, 6.07) is 2.75. The molecule has 0 atom stereocenters. The van der Waals surface area contributed by atoms with Crippen LogP contribution in [0.4, 0.5) is 11.5 Å². The van der Waals surface area contributed by atoms with E-state index in [9.17, 15) is 14.9 Å². The van der Waals surface area contributed by atoms with Crippen molar-refractivity contribution < 1.29 is 19.6 Å². The number of aliphatic carboxylic acids is 1. The molecular formula is C11H15N3O5. The van der Waals surface area contributed by atoms with E-state index in [-0.39, 0.29) is 17.9 Å². The van der Waals surface area contributed by atoms with Crippen molar-refractivity contribution in [1.29, 1.82) is 0 Å². The largest absolute Gasteiger partial charge is 0.480 e. The SMILES string of the molecule is COCCN(CC(=O)O)c1ccc([N+](=O)[O-])c(C)n1. The summed E-state index contributed by atoms with van der Waals surface area (Å²) in [5.74, 6) is -0.628. The van der Waals surface area contributed by atoms with Crippen LogP contribution < -0.4 is 4.90 Å². The molecule has 1 rings (SSSR count). The van der Waals surface area contributed by atoms with Gasteiger partial charge in [-0.15, -0.1) is 0 Å². The van der Waals surface area contributed by atoms with Gasteiger partial charge in [0, 0.05) is 19.7 Å². The van der Waals surface area contributed by atoms with Gasteiger partial charge in [-0.3, -0.25) is 14.9 Å². The van der Waals surface area contributed by atoms with E-state index in [1.54, 1.807) is 0 Å². The Labute approximate surface area is 109 Å². The van der Waals surface area contributed by atoms with Crippen LogP contribution in [-0.2, 0) is 9.53 Å². The predicted molar refractivity (Wildman–Crippen MR) is 67.4 cm³/mol. The van der Waals surface area contributed by atoms with Crippen molar-refractivity contribution in [3.63, 3.8) is 0 Å². The van der Waals surface area contributed by atoms with Gasteiger partial charge in [0.2, 0.25) is 0 Å². The lowest BCUT2D eigenvalue weighted by molar-refractivity contribution is -0.385. The molecule has 0 aliphatic rings. The van der Waals surface area contributed by atoms with Gasteiger partial charge in [-0.2, -0.15) is 0 Å². The summed E-state index contributed by atoms with van der Waals surface area (Å²) < 4.78 is 4.90. The number of aromatic nitrogens is 1. The molecule has 1 aromatic rings. The summed E-state index contributed by atoms with van der Waals surface area (Å²) in [7, 11) is 1.51. The molecule has 0 radical (unpaired) electrons. The first-order chi connectivity index (χ1) is 8.95. The minimum Gasteiger partial charge on any atom is -0.480 e. The summed E-state index contributed by atoms with van der Waals surface area (Å²) in [5, 5.41) is 19.5. The third kappa shape index (κ3) is 4.18. The number of rotatable bonds is 7. The van der Waals surface area contributed by atoms with Crippen LogP contribution in [0.1, 0.15) is 5.69 Å². The van der Waals surface area contributed by atoms with Gasteiger partial charge < -0.3 is 14.7 Å². The Morgan fingerprint density at radius 1 is 1.58 bits per heavy atom. The number of carboxylic acids is 1. The molecule has 0 spiro atoms. The molecule has 0 unspecified atom stereocenters. The predicted octanol–water partition coefficient (Wildman–Crippen LogP) is 0.836. The number of pyridine rings is 1. The second kappa shape index (κ2) is 6.64. The monoisotopic (exact) mass is 269 g/mol. The van der Waals surface area contributed by atoms with Crippen molar-refractivity contribution in [3.8, 4) is 0 Å². The molecule has 1 heterocycles. The Kier molecular flexibility index (Phi) is 5.19. The molecular weight excluding hydrogens is 254 g/mol. The van der Waals surface area contributed by atoms with Crippen LogP contribution in [0.3, 0.4) is 0 Å². The molecule has 0 aromatic carbocycles. The first-order valence-electron chi connectivity index (χ1n) is 5.53. The molecule has 0 saturated carbocycles. The molecule has 0 amide bonds. The maximum atomic E-state index is 10.8. The van der Waals surface area contributed by atoms with Crippen LogP contribution in [0.2, 0.25) is 0 Å². The number of carboxylic acid groups (broad SMARTS) is 1. The van der Waals surface area contributed by atoms with E-state index in [1.165, 1.54) is 31.1 Å². The molecule has 8 nitrogen and oxygen atoms in total. The number of ether oxygens (including phenoxy) is 1. The Balaban J connectivity index is 2.98. The van der Waals surface area contributed by atoms with Crippen molar-refractivity contribution in [2.45, 2.75) is 6.92 Å². The van der Waals surface area contributed by atoms with Crippen LogP contribution in [0.15, 0.2) is 12.1 Å². The lowest BCUT2D eigenvalue weighted by Gasteiger charge is -2.21. The summed E-state index contributed by atoms with van der Waals surface area (Å²) in [6.45, 7) is 1.95. The van der Waals surface area contributed by atoms with Gasteiger partial charge in [-0.05, 0) is 13.0 Å². The van der Waals surface area contributed by atoms with E-state index < -0.39 is 10.9 Å². The maximum absolute atomic E-state index is 10.8. The molecule has 0 aliphatic carbocycles. The molecule has 0 fully saturated rings. The molecule has 0 saturated heterocycles. The van der Waals surface area contributed by atoms with Crippen LogP contribution in [0.5, 0.6) is 0 Å². The number of carbonyl (C=O) groups is 1. The standard InChI is InChI=1S/C11H15N3O5/c1-8-9(14(17)18)3-4-10(12-8)13(5-6-19-2)7-11(15)16/h3-4H,5-7H2,1-2H3,(H,15,16). The fraction of sp³-hybridized carbons (Fsp3) is 0.455. The zero-order chi connectivity index (χ0) is 14.4.